The van der Waals surface area contributed by atoms with E-state index >= 15 is 0 Å². The van der Waals surface area contributed by atoms with Crippen LogP contribution in [0.1, 0.15) is 34.5 Å². The Morgan fingerprint density at radius 1 is 1.11 bits per heavy atom. The summed E-state index contributed by atoms with van der Waals surface area (Å²) in [7, 11) is 0. The van der Waals surface area contributed by atoms with Gasteiger partial charge in [-0.25, -0.2) is 0 Å². The first kappa shape index (κ1) is 17.3. The number of aromatic nitrogens is 1. The van der Waals surface area contributed by atoms with Crippen LogP contribution in [-0.2, 0) is 11.2 Å². The summed E-state index contributed by atoms with van der Waals surface area (Å²) in [5.74, 6) is -0.247. The van der Waals surface area contributed by atoms with E-state index in [0.717, 1.165) is 36.9 Å². The van der Waals surface area contributed by atoms with Gasteiger partial charge in [-0.2, -0.15) is 0 Å². The summed E-state index contributed by atoms with van der Waals surface area (Å²) >= 11 is 0. The molecule has 27 heavy (non-hydrogen) atoms. The van der Waals surface area contributed by atoms with Crippen LogP contribution < -0.4 is 5.32 Å². The number of para-hydroxylation sites is 1. The first-order chi connectivity index (χ1) is 13.1. The van der Waals surface area contributed by atoms with Gasteiger partial charge in [-0.1, -0.05) is 29.4 Å². The number of likely N-dealkylation sites (tertiary alicyclic amines) is 1. The van der Waals surface area contributed by atoms with Crippen LogP contribution in [-0.4, -0.2) is 35.0 Å². The van der Waals surface area contributed by atoms with Crippen molar-refractivity contribution in [3.05, 3.63) is 59.3 Å². The molecule has 0 atom stereocenters. The lowest BCUT2D eigenvalue weighted by atomic mass is 10.0. The summed E-state index contributed by atoms with van der Waals surface area (Å²) in [5, 5.41) is 7.72. The molecule has 1 N–H and O–H groups in total. The Labute approximate surface area is 157 Å². The molecule has 0 unspecified atom stereocenters. The van der Waals surface area contributed by atoms with Gasteiger partial charge in [0.2, 0.25) is 5.91 Å². The molecule has 138 valence electrons. The number of carbonyl (C=O) groups excluding carboxylic acids is 2. The topological polar surface area (TPSA) is 75.4 Å². The molecule has 1 aliphatic rings. The van der Waals surface area contributed by atoms with Gasteiger partial charge >= 0.3 is 0 Å². The molecule has 4 rings (SSSR count). The summed E-state index contributed by atoms with van der Waals surface area (Å²) in [6, 6.07) is 13.0. The number of nitrogens with one attached hydrogen (secondary N) is 1. The molecule has 2 amide bonds. The Bertz CT molecular complexity index is 1000. The number of hydrogen-bond acceptors (Lipinski definition) is 4. The average Bonchev–Trinajstić information content (AvgIpc) is 3.32. The van der Waals surface area contributed by atoms with E-state index in [-0.39, 0.29) is 18.2 Å². The van der Waals surface area contributed by atoms with Crippen molar-refractivity contribution in [1.82, 2.24) is 10.1 Å². The van der Waals surface area contributed by atoms with Gasteiger partial charge in [-0.3, -0.25) is 9.59 Å². The minimum Gasteiger partial charge on any atom is -0.356 e. The van der Waals surface area contributed by atoms with Crippen molar-refractivity contribution in [3.63, 3.8) is 0 Å². The lowest BCUT2D eigenvalue weighted by Crippen LogP contribution is -2.29. The maximum atomic E-state index is 12.9. The molecular formula is C21H21N3O3. The third kappa shape index (κ3) is 3.43. The van der Waals surface area contributed by atoms with E-state index in [0.29, 0.717) is 22.5 Å². The van der Waals surface area contributed by atoms with Gasteiger partial charge in [-0.15, -0.1) is 0 Å². The molecule has 0 radical (unpaired) electrons. The maximum absolute atomic E-state index is 12.9. The highest BCUT2D eigenvalue weighted by Crippen LogP contribution is 2.24. The van der Waals surface area contributed by atoms with Gasteiger partial charge < -0.3 is 14.7 Å². The largest absolute Gasteiger partial charge is 0.356 e. The van der Waals surface area contributed by atoms with Gasteiger partial charge in [0.1, 0.15) is 5.69 Å². The van der Waals surface area contributed by atoms with Gasteiger partial charge in [0.25, 0.3) is 5.91 Å². The van der Waals surface area contributed by atoms with E-state index in [1.807, 2.05) is 48.2 Å². The lowest BCUT2D eigenvalue weighted by Gasteiger charge is -2.19. The maximum Gasteiger partial charge on any atom is 0.256 e. The third-order valence-corrected chi connectivity index (χ3v) is 4.93. The summed E-state index contributed by atoms with van der Waals surface area (Å²) in [4.78, 5) is 27.4. The molecule has 1 saturated heterocycles. The van der Waals surface area contributed by atoms with Gasteiger partial charge in [0.15, 0.2) is 5.58 Å². The van der Waals surface area contributed by atoms with Crippen molar-refractivity contribution in [2.75, 3.05) is 18.4 Å². The first-order valence-electron chi connectivity index (χ1n) is 9.15. The monoisotopic (exact) mass is 363 g/mol. The van der Waals surface area contributed by atoms with Crippen LogP contribution in [0.3, 0.4) is 0 Å². The van der Waals surface area contributed by atoms with Crippen molar-refractivity contribution in [1.29, 1.82) is 0 Å². The molecule has 6 nitrogen and oxygen atoms in total. The summed E-state index contributed by atoms with van der Waals surface area (Å²) < 4.78 is 5.26. The van der Waals surface area contributed by atoms with Crippen molar-refractivity contribution in [2.24, 2.45) is 0 Å². The average molecular weight is 363 g/mol. The quantitative estimate of drug-likeness (QED) is 0.769. The summed E-state index contributed by atoms with van der Waals surface area (Å²) in [6.45, 7) is 3.43. The van der Waals surface area contributed by atoms with Crippen molar-refractivity contribution in [2.45, 2.75) is 26.2 Å². The van der Waals surface area contributed by atoms with Crippen LogP contribution >= 0.6 is 0 Å². The van der Waals surface area contributed by atoms with Crippen LogP contribution in [0.15, 0.2) is 47.0 Å². The van der Waals surface area contributed by atoms with E-state index in [1.54, 1.807) is 6.07 Å². The van der Waals surface area contributed by atoms with Gasteiger partial charge in [0, 0.05) is 18.5 Å². The highest BCUT2D eigenvalue weighted by molar-refractivity contribution is 6.05. The van der Waals surface area contributed by atoms with Crippen molar-refractivity contribution in [3.8, 4) is 0 Å². The van der Waals surface area contributed by atoms with Crippen LogP contribution in [0.5, 0.6) is 0 Å². The van der Waals surface area contributed by atoms with Crippen molar-refractivity contribution >= 4 is 28.5 Å². The predicted octanol–water partition coefficient (Wildman–Crippen LogP) is 3.55. The van der Waals surface area contributed by atoms with E-state index in [1.165, 1.54) is 0 Å². The number of benzene rings is 2. The normalized spacial score (nSPS) is 13.9. The SMILES string of the molecule is Cc1cccc(NC(=O)Cc2noc3ccccc23)c1C(=O)N1CCCC1. The molecule has 0 spiro atoms. The van der Waals surface area contributed by atoms with Crippen LogP contribution in [0.4, 0.5) is 5.69 Å². The third-order valence-electron chi connectivity index (χ3n) is 4.93. The standard InChI is InChI=1S/C21H21N3O3/c1-14-7-6-9-16(20(14)21(26)24-11-4-5-12-24)22-19(25)13-17-15-8-2-3-10-18(15)27-23-17/h2-3,6-10H,4-5,11-13H2,1H3,(H,22,25). The fourth-order valence-electron chi connectivity index (χ4n) is 3.55. The number of aryl methyl sites for hydroxylation is 1. The minimum absolute atomic E-state index is 0.0206. The highest BCUT2D eigenvalue weighted by Gasteiger charge is 2.24. The molecule has 2 aromatic carbocycles. The molecule has 0 bridgehead atoms. The van der Waals surface area contributed by atoms with Crippen LogP contribution in [0.25, 0.3) is 11.0 Å². The zero-order valence-corrected chi connectivity index (χ0v) is 15.2. The lowest BCUT2D eigenvalue weighted by molar-refractivity contribution is -0.115. The first-order valence-corrected chi connectivity index (χ1v) is 9.15. The number of nitrogens with zero attached hydrogens (tertiary/aromatic N) is 2. The van der Waals surface area contributed by atoms with E-state index in [2.05, 4.69) is 10.5 Å². The number of amides is 2. The molecule has 1 fully saturated rings. The zero-order valence-electron chi connectivity index (χ0n) is 15.2. The number of hydrogen-bond donors (Lipinski definition) is 1. The van der Waals surface area contributed by atoms with Gasteiger partial charge in [0.05, 0.1) is 17.7 Å². The van der Waals surface area contributed by atoms with Crippen LogP contribution in [0, 0.1) is 6.92 Å². The predicted molar refractivity (Wildman–Crippen MR) is 103 cm³/mol. The van der Waals surface area contributed by atoms with E-state index in [9.17, 15) is 9.59 Å². The number of fused-ring (bicyclic) bond motifs is 1. The Morgan fingerprint density at radius 2 is 1.89 bits per heavy atom. The van der Waals surface area contributed by atoms with E-state index in [4.69, 9.17) is 4.52 Å². The molecule has 0 saturated carbocycles. The summed E-state index contributed by atoms with van der Waals surface area (Å²) in [6.07, 6.45) is 2.14. The molecule has 1 aliphatic heterocycles. The van der Waals surface area contributed by atoms with Crippen molar-refractivity contribution < 1.29 is 14.1 Å². The fraction of sp³-hybridized carbons (Fsp3) is 0.286. The molecule has 2 heterocycles. The highest BCUT2D eigenvalue weighted by atomic mass is 16.5. The Balaban J connectivity index is 1.56. The summed E-state index contributed by atoms with van der Waals surface area (Å²) in [5.41, 5.74) is 3.21. The smallest absolute Gasteiger partial charge is 0.256 e. The molecule has 3 aromatic rings. The number of anilines is 1. The Kier molecular flexibility index (Phi) is 4.62. The molecule has 0 aliphatic carbocycles. The Morgan fingerprint density at radius 3 is 2.70 bits per heavy atom. The Hall–Kier alpha value is -3.15. The molecule has 6 heteroatoms. The number of rotatable bonds is 4. The molecule has 1 aromatic heterocycles. The zero-order chi connectivity index (χ0) is 18.8. The minimum atomic E-state index is -0.227. The second-order valence-electron chi connectivity index (χ2n) is 6.85. The molecular weight excluding hydrogens is 342 g/mol. The fourth-order valence-corrected chi connectivity index (χ4v) is 3.55. The van der Waals surface area contributed by atoms with Crippen LogP contribution in [0.2, 0.25) is 0 Å². The second-order valence-corrected chi connectivity index (χ2v) is 6.85. The van der Waals surface area contributed by atoms with Gasteiger partial charge in [-0.05, 0) is 43.5 Å². The number of carbonyl (C=O) groups is 2. The second kappa shape index (κ2) is 7.23. The van der Waals surface area contributed by atoms with E-state index < -0.39 is 0 Å².